The van der Waals surface area contributed by atoms with E-state index < -0.39 is 0 Å². The van der Waals surface area contributed by atoms with Gasteiger partial charge in [-0.2, -0.15) is 0 Å². The molecule has 0 unspecified atom stereocenters. The quantitative estimate of drug-likeness (QED) is 0.941. The van der Waals surface area contributed by atoms with E-state index in [1.165, 1.54) is 0 Å². The summed E-state index contributed by atoms with van der Waals surface area (Å²) < 4.78 is 0. The topological polar surface area (TPSA) is 45.2 Å². The minimum absolute atomic E-state index is 0.137. The summed E-state index contributed by atoms with van der Waals surface area (Å²) in [5.74, 6) is 0.531. The van der Waals surface area contributed by atoms with E-state index in [4.69, 9.17) is 11.6 Å². The van der Waals surface area contributed by atoms with Crippen molar-refractivity contribution in [2.24, 2.45) is 0 Å². The maximum atomic E-state index is 12.3. The number of nitrogens with zero attached hydrogens (tertiary/aromatic N) is 2. The van der Waals surface area contributed by atoms with Gasteiger partial charge in [0.1, 0.15) is 11.5 Å². The van der Waals surface area contributed by atoms with E-state index >= 15 is 0 Å². The number of rotatable bonds is 4. The number of pyridine rings is 1. The van der Waals surface area contributed by atoms with Gasteiger partial charge in [-0.05, 0) is 23.8 Å². The molecule has 0 spiro atoms. The molecule has 0 saturated heterocycles. The molecule has 0 atom stereocenters. The first-order valence-corrected chi connectivity index (χ1v) is 6.63. The zero-order chi connectivity index (χ0) is 14.5. The molecule has 4 nitrogen and oxygen atoms in total. The third-order valence-corrected chi connectivity index (χ3v) is 3.31. The molecule has 1 N–H and O–H groups in total. The smallest absolute Gasteiger partial charge is 0.272 e. The third-order valence-electron chi connectivity index (χ3n) is 2.94. The second-order valence-electron chi connectivity index (χ2n) is 4.41. The number of aromatic nitrogens is 1. The van der Waals surface area contributed by atoms with Crippen LogP contribution in [-0.2, 0) is 6.54 Å². The summed E-state index contributed by atoms with van der Waals surface area (Å²) in [6.07, 6.45) is 0. The highest BCUT2D eigenvalue weighted by Gasteiger charge is 2.14. The Labute approximate surface area is 123 Å². The van der Waals surface area contributed by atoms with E-state index in [0.29, 0.717) is 23.1 Å². The standard InChI is InChI=1S/C15H16ClN3O/c1-17-14-9-5-8-13(18-14)15(20)19(2)10-11-6-3-4-7-12(11)16/h3-9H,10H2,1-2H3,(H,17,18). The molecule has 0 fully saturated rings. The molecule has 0 bridgehead atoms. The summed E-state index contributed by atoms with van der Waals surface area (Å²) >= 11 is 6.10. The summed E-state index contributed by atoms with van der Waals surface area (Å²) in [7, 11) is 3.50. The third kappa shape index (κ3) is 3.27. The molecule has 1 heterocycles. The first-order chi connectivity index (χ1) is 9.61. The number of nitrogens with one attached hydrogen (secondary N) is 1. The highest BCUT2D eigenvalue weighted by Crippen LogP contribution is 2.17. The Bertz CT molecular complexity index is 616. The molecular formula is C15H16ClN3O. The van der Waals surface area contributed by atoms with Crippen molar-refractivity contribution in [3.8, 4) is 0 Å². The predicted octanol–water partition coefficient (Wildman–Crippen LogP) is 3.05. The highest BCUT2D eigenvalue weighted by atomic mass is 35.5. The minimum atomic E-state index is -0.137. The van der Waals surface area contributed by atoms with E-state index in [9.17, 15) is 4.79 Å². The van der Waals surface area contributed by atoms with Crippen molar-refractivity contribution >= 4 is 23.3 Å². The molecule has 104 valence electrons. The first-order valence-electron chi connectivity index (χ1n) is 6.25. The molecule has 0 aliphatic heterocycles. The van der Waals surface area contributed by atoms with Crippen LogP contribution in [-0.4, -0.2) is 29.9 Å². The van der Waals surface area contributed by atoms with Gasteiger partial charge in [0.15, 0.2) is 0 Å². The van der Waals surface area contributed by atoms with Crippen LogP contribution in [0.5, 0.6) is 0 Å². The van der Waals surface area contributed by atoms with Crippen LogP contribution in [0.2, 0.25) is 5.02 Å². The van der Waals surface area contributed by atoms with Crippen molar-refractivity contribution in [1.29, 1.82) is 0 Å². The van der Waals surface area contributed by atoms with Gasteiger partial charge in [0, 0.05) is 25.7 Å². The van der Waals surface area contributed by atoms with Crippen molar-refractivity contribution in [2.45, 2.75) is 6.54 Å². The first kappa shape index (κ1) is 14.3. The molecule has 5 heteroatoms. The lowest BCUT2D eigenvalue weighted by molar-refractivity contribution is 0.0779. The fraction of sp³-hybridized carbons (Fsp3) is 0.200. The van der Waals surface area contributed by atoms with Gasteiger partial charge >= 0.3 is 0 Å². The van der Waals surface area contributed by atoms with Gasteiger partial charge in [-0.3, -0.25) is 4.79 Å². The number of hydrogen-bond acceptors (Lipinski definition) is 3. The number of amides is 1. The monoisotopic (exact) mass is 289 g/mol. The fourth-order valence-electron chi connectivity index (χ4n) is 1.84. The van der Waals surface area contributed by atoms with E-state index in [0.717, 1.165) is 5.56 Å². The average molecular weight is 290 g/mol. The fourth-order valence-corrected chi connectivity index (χ4v) is 2.04. The lowest BCUT2D eigenvalue weighted by atomic mass is 10.2. The lowest BCUT2D eigenvalue weighted by Gasteiger charge is -2.17. The van der Waals surface area contributed by atoms with Crippen LogP contribution >= 0.6 is 11.6 Å². The Morgan fingerprint density at radius 2 is 2.00 bits per heavy atom. The molecule has 1 aromatic heterocycles. The van der Waals surface area contributed by atoms with Crippen molar-refractivity contribution in [2.75, 3.05) is 19.4 Å². The zero-order valence-electron chi connectivity index (χ0n) is 11.4. The van der Waals surface area contributed by atoms with Crippen LogP contribution in [0.25, 0.3) is 0 Å². The highest BCUT2D eigenvalue weighted by molar-refractivity contribution is 6.31. The largest absolute Gasteiger partial charge is 0.373 e. The van der Waals surface area contributed by atoms with Gasteiger partial charge in [-0.25, -0.2) is 4.98 Å². The van der Waals surface area contributed by atoms with Crippen molar-refractivity contribution < 1.29 is 4.79 Å². The van der Waals surface area contributed by atoms with Crippen molar-refractivity contribution in [3.05, 3.63) is 58.7 Å². The summed E-state index contributed by atoms with van der Waals surface area (Å²) in [6, 6.07) is 12.8. The lowest BCUT2D eigenvalue weighted by Crippen LogP contribution is -2.27. The summed E-state index contributed by atoms with van der Waals surface area (Å²) in [5.41, 5.74) is 1.32. The van der Waals surface area contributed by atoms with Gasteiger partial charge in [0.25, 0.3) is 5.91 Å². The van der Waals surface area contributed by atoms with Gasteiger partial charge in [0.2, 0.25) is 0 Å². The maximum Gasteiger partial charge on any atom is 0.272 e. The van der Waals surface area contributed by atoms with E-state index in [2.05, 4.69) is 10.3 Å². The van der Waals surface area contributed by atoms with E-state index in [1.54, 1.807) is 31.1 Å². The zero-order valence-corrected chi connectivity index (χ0v) is 12.2. The Morgan fingerprint density at radius 1 is 1.25 bits per heavy atom. The van der Waals surface area contributed by atoms with Gasteiger partial charge in [0.05, 0.1) is 0 Å². The van der Waals surface area contributed by atoms with Gasteiger partial charge in [-0.1, -0.05) is 35.9 Å². The maximum absolute atomic E-state index is 12.3. The Morgan fingerprint density at radius 3 is 2.70 bits per heavy atom. The number of benzene rings is 1. The number of halogens is 1. The second kappa shape index (κ2) is 6.39. The second-order valence-corrected chi connectivity index (χ2v) is 4.82. The molecule has 0 saturated carbocycles. The number of hydrogen-bond donors (Lipinski definition) is 1. The van der Waals surface area contributed by atoms with Crippen molar-refractivity contribution in [3.63, 3.8) is 0 Å². The van der Waals surface area contributed by atoms with Crippen LogP contribution < -0.4 is 5.32 Å². The van der Waals surface area contributed by atoms with Crippen LogP contribution in [0.3, 0.4) is 0 Å². The summed E-state index contributed by atoms with van der Waals surface area (Å²) in [5, 5.41) is 3.57. The SMILES string of the molecule is CNc1cccc(C(=O)N(C)Cc2ccccc2Cl)n1. The number of anilines is 1. The average Bonchev–Trinajstić information content (AvgIpc) is 2.48. The van der Waals surface area contributed by atoms with Gasteiger partial charge < -0.3 is 10.2 Å². The van der Waals surface area contributed by atoms with E-state index in [1.807, 2.05) is 30.3 Å². The molecule has 0 aliphatic carbocycles. The van der Waals surface area contributed by atoms with Crippen molar-refractivity contribution in [1.82, 2.24) is 9.88 Å². The molecular weight excluding hydrogens is 274 g/mol. The van der Waals surface area contributed by atoms with Gasteiger partial charge in [-0.15, -0.1) is 0 Å². The van der Waals surface area contributed by atoms with Crippen LogP contribution in [0, 0.1) is 0 Å². The molecule has 20 heavy (non-hydrogen) atoms. The predicted molar refractivity (Wildman–Crippen MR) is 81.0 cm³/mol. The van der Waals surface area contributed by atoms with Crippen LogP contribution in [0.15, 0.2) is 42.5 Å². The van der Waals surface area contributed by atoms with E-state index in [-0.39, 0.29) is 5.91 Å². The van der Waals surface area contributed by atoms with Crippen LogP contribution in [0.1, 0.15) is 16.1 Å². The molecule has 1 aromatic carbocycles. The summed E-state index contributed by atoms with van der Waals surface area (Å²) in [4.78, 5) is 18.2. The minimum Gasteiger partial charge on any atom is -0.373 e. The number of carbonyl (C=O) groups excluding carboxylic acids is 1. The normalized spacial score (nSPS) is 10.2. The Balaban J connectivity index is 2.14. The molecule has 2 aromatic rings. The molecule has 1 amide bonds. The van der Waals surface area contributed by atoms with Crippen LogP contribution in [0.4, 0.5) is 5.82 Å². The Hall–Kier alpha value is -2.07. The molecule has 2 rings (SSSR count). The molecule has 0 aliphatic rings. The number of carbonyl (C=O) groups is 1. The Kier molecular flexibility index (Phi) is 4.58. The summed E-state index contributed by atoms with van der Waals surface area (Å²) in [6.45, 7) is 0.448. The molecule has 0 radical (unpaired) electrons.